The van der Waals surface area contributed by atoms with Crippen LogP contribution in [0.2, 0.25) is 0 Å². The summed E-state index contributed by atoms with van der Waals surface area (Å²) in [4.78, 5) is 3.04. The van der Waals surface area contributed by atoms with Crippen LogP contribution in [0.4, 0.5) is 0 Å². The number of nitrogens with two attached hydrogens (primary N) is 1. The highest BCUT2D eigenvalue weighted by atomic mass is 32.1. The highest BCUT2D eigenvalue weighted by Crippen LogP contribution is 2.26. The zero-order valence-corrected chi connectivity index (χ0v) is 13.2. The molecule has 0 bridgehead atoms. The fourth-order valence-electron chi connectivity index (χ4n) is 2.55. The second-order valence-electron chi connectivity index (χ2n) is 5.64. The average Bonchev–Trinajstić information content (AvgIpc) is 2.85. The van der Waals surface area contributed by atoms with Crippen molar-refractivity contribution >= 4 is 17.2 Å². The Morgan fingerprint density at radius 3 is 2.90 bits per heavy atom. The minimum Gasteiger partial charge on any atom is -0.493 e. The van der Waals surface area contributed by atoms with Crippen LogP contribution in [-0.4, -0.2) is 35.6 Å². The predicted octanol–water partition coefficient (Wildman–Crippen LogP) is 2.55. The second-order valence-corrected chi connectivity index (χ2v) is 6.16. The molecule has 1 aromatic carbocycles. The van der Waals surface area contributed by atoms with Crippen molar-refractivity contribution in [2.75, 3.05) is 19.7 Å². The van der Waals surface area contributed by atoms with Gasteiger partial charge in [0, 0.05) is 32.0 Å². The summed E-state index contributed by atoms with van der Waals surface area (Å²) in [5.41, 5.74) is 8.33. The van der Waals surface area contributed by atoms with Crippen LogP contribution in [0.1, 0.15) is 31.4 Å². The van der Waals surface area contributed by atoms with E-state index in [1.54, 1.807) is 0 Å². The topological polar surface area (TPSA) is 38.5 Å². The zero-order valence-electron chi connectivity index (χ0n) is 12.4. The first-order chi connectivity index (χ1) is 9.56. The molecule has 0 amide bonds. The van der Waals surface area contributed by atoms with E-state index in [0.717, 1.165) is 44.7 Å². The maximum absolute atomic E-state index is 5.60. The van der Waals surface area contributed by atoms with Crippen LogP contribution >= 0.6 is 12.2 Å². The van der Waals surface area contributed by atoms with Gasteiger partial charge in [-0.05, 0) is 37.5 Å². The van der Waals surface area contributed by atoms with Gasteiger partial charge in [-0.25, -0.2) is 0 Å². The summed E-state index contributed by atoms with van der Waals surface area (Å²) in [6.45, 7) is 7.25. The molecule has 110 valence electrons. The summed E-state index contributed by atoms with van der Waals surface area (Å²) in [5.74, 6) is 1.06. The molecule has 2 N–H and O–H groups in total. The van der Waals surface area contributed by atoms with Crippen molar-refractivity contribution in [2.24, 2.45) is 5.73 Å². The fraction of sp³-hybridized carbons (Fsp3) is 0.562. The Labute approximate surface area is 127 Å². The molecule has 2 rings (SSSR count). The molecule has 4 heteroatoms. The summed E-state index contributed by atoms with van der Waals surface area (Å²) in [7, 11) is 0. The number of benzene rings is 1. The molecule has 1 aromatic rings. The van der Waals surface area contributed by atoms with Crippen molar-refractivity contribution < 1.29 is 4.74 Å². The maximum atomic E-state index is 5.60. The summed E-state index contributed by atoms with van der Waals surface area (Å²) >= 11 is 4.97. The number of hydrogen-bond donors (Lipinski definition) is 1. The third kappa shape index (κ3) is 4.18. The van der Waals surface area contributed by atoms with E-state index in [1.807, 2.05) is 0 Å². The maximum Gasteiger partial charge on any atom is 0.122 e. The molecule has 1 aliphatic rings. The molecule has 3 nitrogen and oxygen atoms in total. The van der Waals surface area contributed by atoms with Crippen LogP contribution in [0.15, 0.2) is 18.2 Å². The molecular formula is C16H24N2OS. The highest BCUT2D eigenvalue weighted by molar-refractivity contribution is 7.80. The number of thiocarbonyl (C=S) groups is 1. The average molecular weight is 292 g/mol. The van der Waals surface area contributed by atoms with Gasteiger partial charge in [-0.2, -0.15) is 0 Å². The van der Waals surface area contributed by atoms with Gasteiger partial charge in [0.05, 0.1) is 11.6 Å². The van der Waals surface area contributed by atoms with Crippen molar-refractivity contribution in [2.45, 2.75) is 39.2 Å². The number of rotatable bonds is 7. The van der Waals surface area contributed by atoms with Crippen molar-refractivity contribution in [1.29, 1.82) is 0 Å². The largest absolute Gasteiger partial charge is 0.493 e. The monoisotopic (exact) mass is 292 g/mol. The van der Waals surface area contributed by atoms with Crippen LogP contribution in [0.5, 0.6) is 5.75 Å². The van der Waals surface area contributed by atoms with Crippen molar-refractivity contribution in [3.05, 3.63) is 29.3 Å². The normalized spacial score (nSPS) is 13.6. The van der Waals surface area contributed by atoms with Crippen LogP contribution in [0, 0.1) is 0 Å². The van der Waals surface area contributed by atoms with Crippen LogP contribution in [0.3, 0.4) is 0 Å². The van der Waals surface area contributed by atoms with Gasteiger partial charge in [0.1, 0.15) is 5.75 Å². The smallest absolute Gasteiger partial charge is 0.122 e. The molecule has 0 aliphatic carbocycles. The van der Waals surface area contributed by atoms with Crippen molar-refractivity contribution in [1.82, 2.24) is 4.90 Å². The van der Waals surface area contributed by atoms with E-state index >= 15 is 0 Å². The minimum absolute atomic E-state index is 0.516. The SMILES string of the molecule is CC(C)N(CCC(N)=S)CCc1ccc2c(c1)CCO2. The molecule has 1 aliphatic heterocycles. The lowest BCUT2D eigenvalue weighted by atomic mass is 10.1. The van der Waals surface area contributed by atoms with Crippen LogP contribution in [0.25, 0.3) is 0 Å². The van der Waals surface area contributed by atoms with Gasteiger partial charge in [0.2, 0.25) is 0 Å². The van der Waals surface area contributed by atoms with Crippen molar-refractivity contribution in [3.8, 4) is 5.75 Å². The first-order valence-electron chi connectivity index (χ1n) is 7.33. The highest BCUT2D eigenvalue weighted by Gasteiger charge is 2.13. The Morgan fingerprint density at radius 2 is 2.20 bits per heavy atom. The predicted molar refractivity (Wildman–Crippen MR) is 87.5 cm³/mol. The summed E-state index contributed by atoms with van der Waals surface area (Å²) in [6.07, 6.45) is 2.90. The summed E-state index contributed by atoms with van der Waals surface area (Å²) in [6, 6.07) is 7.08. The summed E-state index contributed by atoms with van der Waals surface area (Å²) < 4.78 is 5.54. The lowest BCUT2D eigenvalue weighted by Gasteiger charge is -2.26. The van der Waals surface area contributed by atoms with Gasteiger partial charge in [-0.1, -0.05) is 24.4 Å². The molecule has 20 heavy (non-hydrogen) atoms. The fourth-order valence-corrected chi connectivity index (χ4v) is 2.64. The molecule has 0 spiro atoms. The first-order valence-corrected chi connectivity index (χ1v) is 7.74. The third-order valence-electron chi connectivity index (χ3n) is 3.82. The molecule has 0 saturated heterocycles. The van der Waals surface area contributed by atoms with Gasteiger partial charge in [-0.15, -0.1) is 0 Å². The van der Waals surface area contributed by atoms with Gasteiger partial charge in [-0.3, -0.25) is 0 Å². The molecule has 0 fully saturated rings. The number of hydrogen-bond acceptors (Lipinski definition) is 3. The Hall–Kier alpha value is -1.13. The lowest BCUT2D eigenvalue weighted by molar-refractivity contribution is 0.231. The second kappa shape index (κ2) is 7.04. The molecule has 1 heterocycles. The van der Waals surface area contributed by atoms with Crippen LogP contribution in [-0.2, 0) is 12.8 Å². The van der Waals surface area contributed by atoms with E-state index in [9.17, 15) is 0 Å². The van der Waals surface area contributed by atoms with E-state index < -0.39 is 0 Å². The Kier molecular flexibility index (Phi) is 5.38. The first kappa shape index (κ1) is 15.3. The van der Waals surface area contributed by atoms with Gasteiger partial charge >= 0.3 is 0 Å². The van der Waals surface area contributed by atoms with E-state index in [2.05, 4.69) is 36.9 Å². The van der Waals surface area contributed by atoms with Gasteiger partial charge in [0.15, 0.2) is 0 Å². The number of fused-ring (bicyclic) bond motifs is 1. The quantitative estimate of drug-likeness (QED) is 0.784. The molecule has 0 unspecified atom stereocenters. The van der Waals surface area contributed by atoms with Crippen molar-refractivity contribution in [3.63, 3.8) is 0 Å². The van der Waals surface area contributed by atoms with Gasteiger partial charge in [0.25, 0.3) is 0 Å². The van der Waals surface area contributed by atoms with E-state index in [-0.39, 0.29) is 0 Å². The Morgan fingerprint density at radius 1 is 1.40 bits per heavy atom. The molecule has 0 saturated carbocycles. The Balaban J connectivity index is 1.90. The summed E-state index contributed by atoms with van der Waals surface area (Å²) in [5, 5.41) is 0. The number of nitrogens with zero attached hydrogens (tertiary/aromatic N) is 1. The molecular weight excluding hydrogens is 268 g/mol. The van der Waals surface area contributed by atoms with E-state index in [0.29, 0.717) is 11.0 Å². The van der Waals surface area contributed by atoms with E-state index in [1.165, 1.54) is 11.1 Å². The zero-order chi connectivity index (χ0) is 14.5. The molecule has 0 atom stereocenters. The van der Waals surface area contributed by atoms with Gasteiger partial charge < -0.3 is 15.4 Å². The third-order valence-corrected chi connectivity index (χ3v) is 4.02. The van der Waals surface area contributed by atoms with Crippen LogP contribution < -0.4 is 10.5 Å². The minimum atomic E-state index is 0.516. The lowest BCUT2D eigenvalue weighted by Crippen LogP contribution is -2.35. The molecule has 0 radical (unpaired) electrons. The standard InChI is InChI=1S/C16H24N2OS/c1-12(2)18(9-6-16(17)20)8-5-13-3-4-15-14(11-13)7-10-19-15/h3-4,11-12H,5-10H2,1-2H3,(H2,17,20). The molecule has 0 aromatic heterocycles. The van der Waals surface area contributed by atoms with E-state index in [4.69, 9.17) is 22.7 Å². The Bertz CT molecular complexity index is 474. The number of ether oxygens (including phenoxy) is 1.